The molecule has 0 bridgehead atoms. The zero-order chi connectivity index (χ0) is 11.0. The second kappa shape index (κ2) is 6.48. The van der Waals surface area contributed by atoms with Crippen LogP contribution in [-0.4, -0.2) is 30.9 Å². The second-order valence-electron chi connectivity index (χ2n) is 2.29. The highest BCUT2D eigenvalue weighted by Crippen LogP contribution is 1.99. The molecular formula is C8H8N2O4. The van der Waals surface area contributed by atoms with Gasteiger partial charge in [-0.15, -0.1) is 0 Å². The van der Waals surface area contributed by atoms with Crippen molar-refractivity contribution in [2.24, 2.45) is 9.98 Å². The molecule has 1 atom stereocenters. The molecule has 0 radical (unpaired) electrons. The number of nitrogens with zero attached hydrogens (tertiary/aromatic N) is 2. The summed E-state index contributed by atoms with van der Waals surface area (Å²) in [6, 6.07) is 0. The fraction of sp³-hybridized carbons (Fsp3) is 0.375. The van der Waals surface area contributed by atoms with Crippen molar-refractivity contribution in [1.29, 1.82) is 0 Å². The Hall–Kier alpha value is -2.03. The molecule has 0 saturated heterocycles. The first-order valence-electron chi connectivity index (χ1n) is 3.59. The molecule has 14 heavy (non-hydrogen) atoms. The van der Waals surface area contributed by atoms with Crippen LogP contribution in [0.2, 0.25) is 0 Å². The average molecular weight is 196 g/mol. The minimum Gasteiger partial charge on any atom is -0.433 e. The number of carbonyl (C=O) groups excluding carboxylic acids is 3. The third-order valence-electron chi connectivity index (χ3n) is 1.10. The number of carbonyl (C=O) groups is 1. The highest BCUT2D eigenvalue weighted by Gasteiger charge is 2.12. The van der Waals surface area contributed by atoms with E-state index in [1.165, 1.54) is 19.1 Å². The minimum atomic E-state index is -1.14. The van der Waals surface area contributed by atoms with Gasteiger partial charge in [0.15, 0.2) is 0 Å². The molecule has 0 aliphatic rings. The third-order valence-corrected chi connectivity index (χ3v) is 1.10. The molecule has 0 aromatic heterocycles. The van der Waals surface area contributed by atoms with Crippen molar-refractivity contribution in [3.05, 3.63) is 12.2 Å². The largest absolute Gasteiger partial charge is 0.433 e. The Labute approximate surface area is 80.0 Å². The zero-order valence-corrected chi connectivity index (χ0v) is 7.52. The molecule has 0 saturated carbocycles. The summed E-state index contributed by atoms with van der Waals surface area (Å²) >= 11 is 0. The molecule has 0 fully saturated rings. The normalized spacial score (nSPS) is 10.4. The maximum absolute atomic E-state index is 10.9. The number of hydrogen-bond donors (Lipinski definition) is 0. The number of aliphatic imine (C=N–C) groups is 2. The number of esters is 1. The summed E-state index contributed by atoms with van der Waals surface area (Å²) in [4.78, 5) is 36.8. The Bertz CT molecular complexity index is 324. The van der Waals surface area contributed by atoms with Crippen molar-refractivity contribution in [1.82, 2.24) is 0 Å². The van der Waals surface area contributed by atoms with E-state index in [0.717, 1.165) is 0 Å². The van der Waals surface area contributed by atoms with Gasteiger partial charge in [0, 0.05) is 5.57 Å². The highest BCUT2D eigenvalue weighted by molar-refractivity contribution is 5.87. The molecule has 0 heterocycles. The van der Waals surface area contributed by atoms with Gasteiger partial charge in [0.05, 0.1) is 0 Å². The fourth-order valence-corrected chi connectivity index (χ4v) is 0.503. The average Bonchev–Trinajstić information content (AvgIpc) is 2.14. The summed E-state index contributed by atoms with van der Waals surface area (Å²) in [5.74, 6) is -0.713. The summed E-state index contributed by atoms with van der Waals surface area (Å²) < 4.78 is 4.61. The van der Waals surface area contributed by atoms with Gasteiger partial charge in [-0.3, -0.25) is 0 Å². The second-order valence-corrected chi connectivity index (χ2v) is 2.29. The Kier molecular flexibility index (Phi) is 5.54. The van der Waals surface area contributed by atoms with Crippen molar-refractivity contribution >= 4 is 18.1 Å². The van der Waals surface area contributed by atoms with Gasteiger partial charge in [-0.2, -0.15) is 9.98 Å². The molecule has 0 aliphatic heterocycles. The summed E-state index contributed by atoms with van der Waals surface area (Å²) in [5.41, 5.74) is 0.159. The molecule has 0 aromatic carbocycles. The van der Waals surface area contributed by atoms with Gasteiger partial charge < -0.3 is 4.74 Å². The monoisotopic (exact) mass is 196 g/mol. The van der Waals surface area contributed by atoms with E-state index < -0.39 is 12.2 Å². The lowest BCUT2D eigenvalue weighted by Gasteiger charge is -2.08. The molecule has 0 spiro atoms. The number of isocyanates is 2. The highest BCUT2D eigenvalue weighted by atomic mass is 16.6. The van der Waals surface area contributed by atoms with Crippen LogP contribution in [0.3, 0.4) is 0 Å². The molecule has 0 amide bonds. The van der Waals surface area contributed by atoms with Crippen LogP contribution >= 0.6 is 0 Å². The van der Waals surface area contributed by atoms with Crippen LogP contribution in [0, 0.1) is 0 Å². The first-order chi connectivity index (χ1) is 6.61. The van der Waals surface area contributed by atoms with Gasteiger partial charge in [0.2, 0.25) is 18.4 Å². The van der Waals surface area contributed by atoms with Crippen molar-refractivity contribution in [3.63, 3.8) is 0 Å². The number of rotatable bonds is 5. The van der Waals surface area contributed by atoms with Crippen LogP contribution in [0.4, 0.5) is 0 Å². The van der Waals surface area contributed by atoms with Crippen LogP contribution in [-0.2, 0) is 19.1 Å². The van der Waals surface area contributed by atoms with E-state index in [1.807, 2.05) is 0 Å². The summed E-state index contributed by atoms with van der Waals surface area (Å²) in [7, 11) is 0. The van der Waals surface area contributed by atoms with Gasteiger partial charge in [-0.1, -0.05) is 6.58 Å². The summed E-state index contributed by atoms with van der Waals surface area (Å²) in [5, 5.41) is 0. The van der Waals surface area contributed by atoms with E-state index in [0.29, 0.717) is 0 Å². The Morgan fingerprint density at radius 3 is 2.57 bits per heavy atom. The third kappa shape index (κ3) is 4.77. The van der Waals surface area contributed by atoms with Crippen LogP contribution in [0.5, 0.6) is 0 Å². The van der Waals surface area contributed by atoms with Crippen LogP contribution < -0.4 is 0 Å². The quantitative estimate of drug-likeness (QED) is 0.270. The number of hydrogen-bond acceptors (Lipinski definition) is 6. The predicted octanol–water partition coefficient (Wildman–Crippen LogP) is 0.103. The van der Waals surface area contributed by atoms with Gasteiger partial charge in [0.1, 0.15) is 6.54 Å². The van der Waals surface area contributed by atoms with Gasteiger partial charge in [-0.25, -0.2) is 14.4 Å². The van der Waals surface area contributed by atoms with Crippen LogP contribution in [0.15, 0.2) is 22.1 Å². The molecule has 0 aliphatic carbocycles. The molecule has 1 unspecified atom stereocenters. The van der Waals surface area contributed by atoms with E-state index >= 15 is 0 Å². The van der Waals surface area contributed by atoms with E-state index in [2.05, 4.69) is 21.3 Å². The molecular weight excluding hydrogens is 188 g/mol. The lowest BCUT2D eigenvalue weighted by Crippen LogP contribution is -2.19. The standard InChI is InChI=1S/C8H8N2O4/c1-6(2)8(13)14-7(10-5-12)3-9-4-11/h7H,1,3H2,2H3. The lowest BCUT2D eigenvalue weighted by molar-refractivity contribution is -0.143. The first kappa shape index (κ1) is 12.0. The number of ether oxygens (including phenoxy) is 1. The lowest BCUT2D eigenvalue weighted by atomic mass is 10.4. The smallest absolute Gasteiger partial charge is 0.335 e. The fourth-order valence-electron chi connectivity index (χ4n) is 0.503. The van der Waals surface area contributed by atoms with Gasteiger partial charge in [-0.05, 0) is 6.92 Å². The molecule has 6 nitrogen and oxygen atoms in total. The Morgan fingerprint density at radius 2 is 2.14 bits per heavy atom. The van der Waals surface area contributed by atoms with Gasteiger partial charge >= 0.3 is 5.97 Å². The summed E-state index contributed by atoms with van der Waals surface area (Å²) in [6.07, 6.45) is 1.29. The Morgan fingerprint density at radius 1 is 1.50 bits per heavy atom. The maximum Gasteiger partial charge on any atom is 0.335 e. The van der Waals surface area contributed by atoms with Gasteiger partial charge in [0.25, 0.3) is 0 Å². The van der Waals surface area contributed by atoms with Crippen LogP contribution in [0.1, 0.15) is 6.92 Å². The van der Waals surface area contributed by atoms with E-state index in [1.54, 1.807) is 0 Å². The SMILES string of the molecule is C=C(C)C(=O)OC(CN=C=O)N=C=O. The van der Waals surface area contributed by atoms with Crippen molar-refractivity contribution in [2.45, 2.75) is 13.2 Å². The van der Waals surface area contributed by atoms with E-state index in [-0.39, 0.29) is 12.1 Å². The minimum absolute atomic E-state index is 0.159. The molecule has 74 valence electrons. The maximum atomic E-state index is 10.9. The van der Waals surface area contributed by atoms with Crippen molar-refractivity contribution in [3.8, 4) is 0 Å². The molecule has 6 heteroatoms. The summed E-state index contributed by atoms with van der Waals surface area (Å²) in [6.45, 7) is 4.51. The Balaban J connectivity index is 4.36. The van der Waals surface area contributed by atoms with Crippen molar-refractivity contribution < 1.29 is 19.1 Å². The van der Waals surface area contributed by atoms with Crippen LogP contribution in [0.25, 0.3) is 0 Å². The van der Waals surface area contributed by atoms with E-state index in [4.69, 9.17) is 0 Å². The van der Waals surface area contributed by atoms with Crippen molar-refractivity contribution in [2.75, 3.05) is 6.54 Å². The predicted molar refractivity (Wildman–Crippen MR) is 45.8 cm³/mol. The first-order valence-corrected chi connectivity index (χ1v) is 3.59. The van der Waals surface area contributed by atoms with E-state index in [9.17, 15) is 14.4 Å². The topological polar surface area (TPSA) is 85.2 Å². The zero-order valence-electron chi connectivity index (χ0n) is 7.52. The molecule has 0 rings (SSSR count). The molecule has 0 aromatic rings. The molecule has 0 N–H and O–H groups in total.